The van der Waals surface area contributed by atoms with Crippen LogP contribution >= 0.6 is 0 Å². The summed E-state index contributed by atoms with van der Waals surface area (Å²) in [5.74, 6) is -0.595. The lowest BCUT2D eigenvalue weighted by molar-refractivity contribution is -0.188. The Morgan fingerprint density at radius 2 is 1.98 bits per heavy atom. The highest BCUT2D eigenvalue weighted by molar-refractivity contribution is 5.82. The molecule has 1 aliphatic heterocycles. The second-order valence-electron chi connectivity index (χ2n) is 10.9. The number of pyridine rings is 2. The van der Waals surface area contributed by atoms with Crippen molar-refractivity contribution in [2.45, 2.75) is 51.1 Å². The van der Waals surface area contributed by atoms with Gasteiger partial charge >= 0.3 is 12.3 Å². The number of aliphatic hydroxyl groups excluding tert-OH is 1. The Hall–Kier alpha value is -4.04. The molecule has 1 amide bonds. The molecule has 2 N–H and O–H groups in total. The molecule has 1 aliphatic rings. The van der Waals surface area contributed by atoms with Gasteiger partial charge < -0.3 is 19.9 Å². The van der Waals surface area contributed by atoms with Crippen LogP contribution in [0.3, 0.4) is 0 Å². The summed E-state index contributed by atoms with van der Waals surface area (Å²) in [7, 11) is 0. The Labute approximate surface area is 238 Å². The molecule has 0 spiro atoms. The van der Waals surface area contributed by atoms with Gasteiger partial charge in [0.1, 0.15) is 17.9 Å². The Morgan fingerprint density at radius 1 is 1.19 bits per heavy atom. The van der Waals surface area contributed by atoms with E-state index in [1.165, 1.54) is 34.9 Å². The highest BCUT2D eigenvalue weighted by Gasteiger charge is 2.50. The second kappa shape index (κ2) is 11.3. The maximum atomic E-state index is 14.8. The number of rotatable bonds is 7. The molecule has 1 saturated heterocycles. The molecule has 0 bridgehead atoms. The van der Waals surface area contributed by atoms with E-state index in [-0.39, 0.29) is 48.2 Å². The van der Waals surface area contributed by atoms with Crippen molar-refractivity contribution in [2.75, 3.05) is 26.3 Å². The van der Waals surface area contributed by atoms with Crippen LogP contribution in [-0.2, 0) is 4.74 Å². The Kier molecular flexibility index (Phi) is 7.94. The number of alkyl halides is 3. The van der Waals surface area contributed by atoms with Crippen LogP contribution in [0.25, 0.3) is 28.1 Å². The summed E-state index contributed by atoms with van der Waals surface area (Å²) >= 11 is 0. The van der Waals surface area contributed by atoms with Gasteiger partial charge in [0.05, 0.1) is 12.1 Å². The van der Waals surface area contributed by atoms with Gasteiger partial charge in [-0.15, -0.1) is 10.2 Å². The van der Waals surface area contributed by atoms with Crippen molar-refractivity contribution in [3.8, 4) is 17.3 Å². The molecule has 14 heteroatoms. The fourth-order valence-corrected chi connectivity index (χ4v) is 4.92. The van der Waals surface area contributed by atoms with Crippen molar-refractivity contribution in [3.05, 3.63) is 54.0 Å². The van der Waals surface area contributed by atoms with Crippen LogP contribution in [0.1, 0.15) is 38.8 Å². The highest BCUT2D eigenvalue weighted by atomic mass is 19.4. The van der Waals surface area contributed by atoms with Gasteiger partial charge in [-0.1, -0.05) is 12.1 Å². The zero-order valence-electron chi connectivity index (χ0n) is 23.2. The van der Waals surface area contributed by atoms with Crippen molar-refractivity contribution >= 4 is 22.6 Å². The molecule has 2 atom stereocenters. The number of aromatic nitrogens is 4. The molecule has 4 aromatic rings. The summed E-state index contributed by atoms with van der Waals surface area (Å²) < 4.78 is 70.8. The fraction of sp³-hybridized carbons (Fsp3) is 0.429. The zero-order valence-corrected chi connectivity index (χ0v) is 23.2. The number of amides is 1. The molecule has 224 valence electrons. The number of nitrogens with zero attached hydrogens (tertiary/aromatic N) is 5. The zero-order chi connectivity index (χ0) is 30.2. The van der Waals surface area contributed by atoms with E-state index in [9.17, 15) is 22.4 Å². The molecule has 2 unspecified atom stereocenters. The normalized spacial score (nSPS) is 16.6. The SMILES string of the molecule is CC(C)(C)OC(=O)N(C1CCNC1)C(c1ccc2nnc(-c3ccc4cc(F)c(OCCO)cc4n3)n2c1)C(F)(F)F. The van der Waals surface area contributed by atoms with E-state index in [1.54, 1.807) is 32.9 Å². The number of nitrogens with one attached hydrogen (secondary N) is 1. The summed E-state index contributed by atoms with van der Waals surface area (Å²) in [5, 5.41) is 20.7. The number of hydrogen-bond donors (Lipinski definition) is 2. The number of hydrogen-bond acceptors (Lipinski definition) is 8. The van der Waals surface area contributed by atoms with Crippen LogP contribution in [0, 0.1) is 5.82 Å². The molecule has 3 aromatic heterocycles. The quantitative estimate of drug-likeness (QED) is 0.299. The minimum Gasteiger partial charge on any atom is -0.488 e. The van der Waals surface area contributed by atoms with E-state index in [4.69, 9.17) is 14.6 Å². The van der Waals surface area contributed by atoms with Gasteiger partial charge in [0, 0.05) is 35.8 Å². The molecular formula is C28H30F4N6O4. The molecule has 4 heterocycles. The predicted molar refractivity (Wildman–Crippen MR) is 144 cm³/mol. The van der Waals surface area contributed by atoms with Crippen molar-refractivity contribution in [3.63, 3.8) is 0 Å². The first kappa shape index (κ1) is 29.5. The van der Waals surface area contributed by atoms with E-state index in [0.29, 0.717) is 23.9 Å². The molecule has 0 saturated carbocycles. The molecule has 0 aliphatic carbocycles. The number of carbonyl (C=O) groups is 1. The van der Waals surface area contributed by atoms with Crippen LogP contribution in [0.15, 0.2) is 42.6 Å². The smallest absolute Gasteiger partial charge is 0.413 e. The van der Waals surface area contributed by atoms with Crippen LogP contribution in [0.4, 0.5) is 22.4 Å². The van der Waals surface area contributed by atoms with Crippen molar-refractivity contribution < 1.29 is 36.9 Å². The first-order valence-corrected chi connectivity index (χ1v) is 13.3. The van der Waals surface area contributed by atoms with Gasteiger partial charge in [-0.05, 0) is 51.9 Å². The average molecular weight is 591 g/mol. The Bertz CT molecular complexity index is 1600. The number of ether oxygens (including phenoxy) is 2. The predicted octanol–water partition coefficient (Wildman–Crippen LogP) is 4.66. The van der Waals surface area contributed by atoms with E-state index in [2.05, 4.69) is 20.5 Å². The lowest BCUT2D eigenvalue weighted by Gasteiger charge is -2.38. The lowest BCUT2D eigenvalue weighted by Crippen LogP contribution is -2.50. The third-order valence-electron chi connectivity index (χ3n) is 6.68. The molecule has 1 fully saturated rings. The minimum atomic E-state index is -4.84. The number of benzene rings is 1. The van der Waals surface area contributed by atoms with Gasteiger partial charge in [-0.25, -0.2) is 14.2 Å². The highest BCUT2D eigenvalue weighted by Crippen LogP contribution is 2.41. The Balaban J connectivity index is 1.59. The van der Waals surface area contributed by atoms with Crippen molar-refractivity contribution in [1.82, 2.24) is 29.8 Å². The monoisotopic (exact) mass is 590 g/mol. The molecule has 0 radical (unpaired) electrons. The van der Waals surface area contributed by atoms with E-state index < -0.39 is 35.8 Å². The van der Waals surface area contributed by atoms with E-state index in [1.807, 2.05) is 0 Å². The number of carbonyl (C=O) groups excluding carboxylic acids is 1. The van der Waals surface area contributed by atoms with Gasteiger partial charge in [0.15, 0.2) is 29.1 Å². The van der Waals surface area contributed by atoms with Crippen molar-refractivity contribution in [2.24, 2.45) is 0 Å². The molecular weight excluding hydrogens is 560 g/mol. The van der Waals surface area contributed by atoms with Crippen LogP contribution in [-0.4, -0.2) is 79.8 Å². The van der Waals surface area contributed by atoms with Gasteiger partial charge in [-0.3, -0.25) is 9.30 Å². The molecule has 42 heavy (non-hydrogen) atoms. The average Bonchev–Trinajstić information content (AvgIpc) is 3.58. The van der Waals surface area contributed by atoms with Gasteiger partial charge in [0.25, 0.3) is 0 Å². The third-order valence-corrected chi connectivity index (χ3v) is 6.68. The maximum absolute atomic E-state index is 14.8. The number of fused-ring (bicyclic) bond motifs is 2. The topological polar surface area (TPSA) is 114 Å². The van der Waals surface area contributed by atoms with Gasteiger partial charge in [-0.2, -0.15) is 13.2 Å². The summed E-state index contributed by atoms with van der Waals surface area (Å²) in [6.45, 7) is 5.03. The lowest BCUT2D eigenvalue weighted by atomic mass is 10.0. The third kappa shape index (κ3) is 6.09. The summed E-state index contributed by atoms with van der Waals surface area (Å²) in [6, 6.07) is 5.36. The van der Waals surface area contributed by atoms with Crippen LogP contribution in [0.5, 0.6) is 5.75 Å². The molecule has 10 nitrogen and oxygen atoms in total. The first-order valence-electron chi connectivity index (χ1n) is 13.3. The maximum Gasteiger partial charge on any atom is 0.413 e. The molecule has 5 rings (SSSR count). The molecule has 1 aromatic carbocycles. The number of aliphatic hydroxyl groups is 1. The largest absolute Gasteiger partial charge is 0.488 e. The van der Waals surface area contributed by atoms with E-state index in [0.717, 1.165) is 4.90 Å². The van der Waals surface area contributed by atoms with Crippen LogP contribution in [0.2, 0.25) is 0 Å². The standard InChI is InChI=1S/C28H30F4N6O4/c1-27(2,3)42-26(40)38(18-8-9-33-14-18)24(28(30,31)32)17-5-7-23-35-36-25(37(23)15-17)20-6-4-16-12-19(29)22(41-11-10-39)13-21(16)34-20/h4-7,12-13,15,18,24,33,39H,8-11,14H2,1-3H3. The first-order chi connectivity index (χ1) is 19.9. The van der Waals surface area contributed by atoms with Gasteiger partial charge in [0.2, 0.25) is 0 Å². The van der Waals surface area contributed by atoms with E-state index >= 15 is 0 Å². The summed E-state index contributed by atoms with van der Waals surface area (Å²) in [6.07, 6.45) is -4.32. The second-order valence-corrected chi connectivity index (χ2v) is 10.9. The minimum absolute atomic E-state index is 0.105. The van der Waals surface area contributed by atoms with Crippen LogP contribution < -0.4 is 10.1 Å². The fourth-order valence-electron chi connectivity index (χ4n) is 4.92. The summed E-state index contributed by atoms with van der Waals surface area (Å²) in [5.41, 5.74) is -0.353. The number of halogens is 4. The Morgan fingerprint density at radius 3 is 2.64 bits per heavy atom. The summed E-state index contributed by atoms with van der Waals surface area (Å²) in [4.78, 5) is 18.5. The van der Waals surface area contributed by atoms with Crippen molar-refractivity contribution in [1.29, 1.82) is 0 Å².